The van der Waals surface area contributed by atoms with E-state index in [1.165, 1.54) is 12.1 Å². The Hall–Kier alpha value is -1.70. The number of benzene rings is 2. The first-order valence-corrected chi connectivity index (χ1v) is 6.47. The predicted molar refractivity (Wildman–Crippen MR) is 75.4 cm³/mol. The Kier molecular flexibility index (Phi) is 3.70. The quantitative estimate of drug-likeness (QED) is 0.680. The molecule has 0 heterocycles. The summed E-state index contributed by atoms with van der Waals surface area (Å²) in [6.45, 7) is 7.49. The lowest BCUT2D eigenvalue weighted by atomic mass is 9.92. The van der Waals surface area contributed by atoms with Crippen LogP contribution in [0.4, 0.5) is 8.78 Å². The smallest absolute Gasteiger partial charge is 0.130 e. The molecular weight excluding hydrogens is 242 g/mol. The Bertz CT molecular complexity index is 569. The Morgan fingerprint density at radius 3 is 1.79 bits per heavy atom. The third kappa shape index (κ3) is 2.53. The van der Waals surface area contributed by atoms with Gasteiger partial charge < -0.3 is 0 Å². The lowest BCUT2D eigenvalue weighted by Gasteiger charge is -2.14. The van der Waals surface area contributed by atoms with Crippen molar-refractivity contribution in [2.24, 2.45) is 0 Å². The molecule has 0 aliphatic rings. The summed E-state index contributed by atoms with van der Waals surface area (Å²) in [5, 5.41) is 0. The van der Waals surface area contributed by atoms with Crippen LogP contribution >= 0.6 is 0 Å². The van der Waals surface area contributed by atoms with Crippen LogP contribution in [0.3, 0.4) is 0 Å². The van der Waals surface area contributed by atoms with Gasteiger partial charge in [-0.15, -0.1) is 0 Å². The summed E-state index contributed by atoms with van der Waals surface area (Å²) in [5.41, 5.74) is 3.73. The molecule has 0 nitrogen and oxygen atoms in total. The number of halogens is 2. The van der Waals surface area contributed by atoms with Crippen molar-refractivity contribution in [1.82, 2.24) is 0 Å². The molecule has 19 heavy (non-hydrogen) atoms. The first-order valence-electron chi connectivity index (χ1n) is 6.47. The van der Waals surface area contributed by atoms with Gasteiger partial charge in [0.2, 0.25) is 0 Å². The van der Waals surface area contributed by atoms with E-state index in [9.17, 15) is 8.78 Å². The Labute approximate surface area is 113 Å². The van der Waals surface area contributed by atoms with E-state index >= 15 is 0 Å². The van der Waals surface area contributed by atoms with Gasteiger partial charge in [0, 0.05) is 5.56 Å². The Morgan fingerprint density at radius 2 is 1.37 bits per heavy atom. The second kappa shape index (κ2) is 5.12. The van der Waals surface area contributed by atoms with E-state index in [0.717, 1.165) is 16.7 Å². The summed E-state index contributed by atoms with van der Waals surface area (Å²) in [6, 6.07) is 8.73. The molecule has 0 fully saturated rings. The van der Waals surface area contributed by atoms with Crippen molar-refractivity contribution in [3.05, 3.63) is 58.7 Å². The highest BCUT2D eigenvalue weighted by molar-refractivity contribution is 5.71. The first kappa shape index (κ1) is 13.7. The molecule has 0 amide bonds. The van der Waals surface area contributed by atoms with E-state index in [2.05, 4.69) is 0 Å². The first-order chi connectivity index (χ1) is 8.91. The largest absolute Gasteiger partial charge is 0.207 e. The minimum absolute atomic E-state index is 0.160. The van der Waals surface area contributed by atoms with E-state index in [4.69, 9.17) is 0 Å². The standard InChI is InChI=1S/C17H18F2/c1-10(2)16-14(18)8-13(9-15(16)19)17-11(3)6-5-7-12(17)4/h5-10H,1-4H3. The van der Waals surface area contributed by atoms with Gasteiger partial charge in [0.05, 0.1) is 0 Å². The van der Waals surface area contributed by atoms with E-state index < -0.39 is 11.6 Å². The molecule has 0 spiro atoms. The molecule has 0 saturated carbocycles. The highest BCUT2D eigenvalue weighted by Gasteiger charge is 2.16. The maximum Gasteiger partial charge on any atom is 0.130 e. The van der Waals surface area contributed by atoms with Crippen LogP contribution in [0.15, 0.2) is 30.3 Å². The van der Waals surface area contributed by atoms with Gasteiger partial charge in [-0.25, -0.2) is 8.78 Å². The molecule has 0 saturated heterocycles. The van der Waals surface area contributed by atoms with Gasteiger partial charge in [0.15, 0.2) is 0 Å². The second-order valence-corrected chi connectivity index (χ2v) is 5.28. The van der Waals surface area contributed by atoms with Crippen molar-refractivity contribution in [2.75, 3.05) is 0 Å². The average Bonchev–Trinajstić information content (AvgIpc) is 2.26. The van der Waals surface area contributed by atoms with Crippen LogP contribution in [0.2, 0.25) is 0 Å². The Morgan fingerprint density at radius 1 is 0.895 bits per heavy atom. The van der Waals surface area contributed by atoms with E-state index in [-0.39, 0.29) is 11.5 Å². The monoisotopic (exact) mass is 260 g/mol. The number of aryl methyl sites for hydroxylation is 2. The summed E-state index contributed by atoms with van der Waals surface area (Å²) in [7, 11) is 0. The van der Waals surface area contributed by atoms with Gasteiger partial charge in [-0.2, -0.15) is 0 Å². The van der Waals surface area contributed by atoms with Crippen molar-refractivity contribution < 1.29 is 8.78 Å². The maximum absolute atomic E-state index is 14.1. The number of hydrogen-bond donors (Lipinski definition) is 0. The van der Waals surface area contributed by atoms with Gasteiger partial charge in [-0.3, -0.25) is 0 Å². The van der Waals surface area contributed by atoms with Gasteiger partial charge in [-0.1, -0.05) is 32.0 Å². The topological polar surface area (TPSA) is 0 Å². The van der Waals surface area contributed by atoms with Gasteiger partial charge >= 0.3 is 0 Å². The van der Waals surface area contributed by atoms with Crippen LogP contribution in [0, 0.1) is 25.5 Å². The second-order valence-electron chi connectivity index (χ2n) is 5.28. The number of hydrogen-bond acceptors (Lipinski definition) is 0. The highest BCUT2D eigenvalue weighted by Crippen LogP contribution is 2.31. The van der Waals surface area contributed by atoms with Gasteiger partial charge in [0.25, 0.3) is 0 Å². The molecule has 0 atom stereocenters. The van der Waals surface area contributed by atoms with Crippen molar-refractivity contribution in [2.45, 2.75) is 33.6 Å². The normalized spacial score (nSPS) is 11.1. The molecule has 0 unspecified atom stereocenters. The van der Waals surface area contributed by atoms with Crippen LogP contribution < -0.4 is 0 Å². The summed E-state index contributed by atoms with van der Waals surface area (Å²) in [6.07, 6.45) is 0. The zero-order valence-electron chi connectivity index (χ0n) is 11.7. The minimum Gasteiger partial charge on any atom is -0.207 e. The SMILES string of the molecule is Cc1cccc(C)c1-c1cc(F)c(C(C)C)c(F)c1. The van der Waals surface area contributed by atoms with Gasteiger partial charge in [0.1, 0.15) is 11.6 Å². The summed E-state index contributed by atoms with van der Waals surface area (Å²) >= 11 is 0. The molecule has 0 radical (unpaired) electrons. The molecule has 0 aromatic heterocycles. The summed E-state index contributed by atoms with van der Waals surface area (Å²) < 4.78 is 28.1. The molecule has 0 N–H and O–H groups in total. The molecule has 100 valence electrons. The third-order valence-electron chi connectivity index (χ3n) is 3.43. The van der Waals surface area contributed by atoms with Crippen LogP contribution in [-0.4, -0.2) is 0 Å². The predicted octanol–water partition coefficient (Wildman–Crippen LogP) is 5.37. The average molecular weight is 260 g/mol. The van der Waals surface area contributed by atoms with Crippen molar-refractivity contribution in [3.8, 4) is 11.1 Å². The molecular formula is C17H18F2. The molecule has 0 bridgehead atoms. The fourth-order valence-corrected chi connectivity index (χ4v) is 2.55. The van der Waals surface area contributed by atoms with E-state index in [0.29, 0.717) is 5.56 Å². The van der Waals surface area contributed by atoms with E-state index in [1.54, 1.807) is 13.8 Å². The molecule has 2 aromatic rings. The number of rotatable bonds is 2. The third-order valence-corrected chi connectivity index (χ3v) is 3.43. The lowest BCUT2D eigenvalue weighted by Crippen LogP contribution is -2.00. The minimum atomic E-state index is -0.465. The zero-order valence-corrected chi connectivity index (χ0v) is 11.7. The summed E-state index contributed by atoms with van der Waals surface area (Å²) in [5.74, 6) is -1.09. The molecule has 0 aliphatic carbocycles. The van der Waals surface area contributed by atoms with Crippen LogP contribution in [0.5, 0.6) is 0 Å². The Balaban J connectivity index is 2.66. The fourth-order valence-electron chi connectivity index (χ4n) is 2.55. The van der Waals surface area contributed by atoms with Crippen LogP contribution in [-0.2, 0) is 0 Å². The fraction of sp³-hybridized carbons (Fsp3) is 0.294. The van der Waals surface area contributed by atoms with Gasteiger partial charge in [-0.05, 0) is 54.2 Å². The molecule has 2 aromatic carbocycles. The van der Waals surface area contributed by atoms with Crippen LogP contribution in [0.25, 0.3) is 11.1 Å². The van der Waals surface area contributed by atoms with Crippen molar-refractivity contribution in [3.63, 3.8) is 0 Å². The molecule has 2 heteroatoms. The highest BCUT2D eigenvalue weighted by atomic mass is 19.1. The maximum atomic E-state index is 14.1. The van der Waals surface area contributed by atoms with Crippen molar-refractivity contribution >= 4 is 0 Å². The van der Waals surface area contributed by atoms with Crippen molar-refractivity contribution in [1.29, 1.82) is 0 Å². The molecule has 0 aliphatic heterocycles. The molecule has 2 rings (SSSR count). The van der Waals surface area contributed by atoms with Crippen LogP contribution in [0.1, 0.15) is 36.5 Å². The zero-order chi connectivity index (χ0) is 14.2. The summed E-state index contributed by atoms with van der Waals surface area (Å²) in [4.78, 5) is 0. The lowest BCUT2D eigenvalue weighted by molar-refractivity contribution is 0.542. The van der Waals surface area contributed by atoms with E-state index in [1.807, 2.05) is 32.0 Å².